The van der Waals surface area contributed by atoms with Crippen molar-refractivity contribution in [3.8, 4) is 11.1 Å². The first-order chi connectivity index (χ1) is 16.1. The van der Waals surface area contributed by atoms with Gasteiger partial charge in [-0.05, 0) is 62.2 Å². The van der Waals surface area contributed by atoms with Gasteiger partial charge in [0.05, 0.1) is 4.90 Å². The molecule has 0 aliphatic carbocycles. The second-order valence-corrected chi connectivity index (χ2v) is 12.9. The molecule has 1 aliphatic heterocycles. The monoisotopic (exact) mass is 504 g/mol. The van der Waals surface area contributed by atoms with E-state index in [0.29, 0.717) is 5.75 Å². The second kappa shape index (κ2) is 11.2. The number of aliphatic carboxylic acids is 1. The van der Waals surface area contributed by atoms with Crippen LogP contribution in [0.1, 0.15) is 46.1 Å². The largest absolute Gasteiger partial charge is 0.480 e. The van der Waals surface area contributed by atoms with Gasteiger partial charge in [0, 0.05) is 23.6 Å². The smallest absolute Gasteiger partial charge is 0.323 e. The Balaban J connectivity index is 1.77. The molecule has 0 spiro atoms. The molecular weight excluding hydrogens is 468 g/mol. The molecule has 1 N–H and O–H groups in total. The molecule has 0 radical (unpaired) electrons. The van der Waals surface area contributed by atoms with E-state index < -0.39 is 26.8 Å². The molecule has 1 atom stereocenters. The molecular formula is C26H36N2O4S2. The average molecular weight is 505 g/mol. The van der Waals surface area contributed by atoms with Crippen LogP contribution in [0.4, 0.5) is 0 Å². The number of sulfonamides is 1. The number of carboxylic acid groups (broad SMARTS) is 1. The van der Waals surface area contributed by atoms with Gasteiger partial charge in [0.2, 0.25) is 10.0 Å². The minimum atomic E-state index is -3.92. The molecule has 1 saturated heterocycles. The van der Waals surface area contributed by atoms with Gasteiger partial charge in [-0.15, -0.1) is 0 Å². The first kappa shape index (κ1) is 26.7. The van der Waals surface area contributed by atoms with Crippen LogP contribution >= 0.6 is 11.8 Å². The fourth-order valence-corrected chi connectivity index (χ4v) is 7.48. The Hall–Kier alpha value is -1.87. The third kappa shape index (κ3) is 6.03. The zero-order chi connectivity index (χ0) is 24.9. The first-order valence-electron chi connectivity index (χ1n) is 11.9. The summed E-state index contributed by atoms with van der Waals surface area (Å²) >= 11 is 1.49. The second-order valence-electron chi connectivity index (χ2n) is 9.25. The minimum absolute atomic E-state index is 0.122. The highest BCUT2D eigenvalue weighted by Crippen LogP contribution is 2.38. The number of unbranched alkanes of at least 4 members (excludes halogenated alkanes) is 1. The minimum Gasteiger partial charge on any atom is -0.480 e. The molecule has 6 nitrogen and oxygen atoms in total. The van der Waals surface area contributed by atoms with E-state index in [4.69, 9.17) is 0 Å². The van der Waals surface area contributed by atoms with Gasteiger partial charge in [0.25, 0.3) is 0 Å². The van der Waals surface area contributed by atoms with Crippen molar-refractivity contribution in [2.45, 2.75) is 62.8 Å². The van der Waals surface area contributed by atoms with Crippen molar-refractivity contribution in [3.63, 3.8) is 0 Å². The fraction of sp³-hybridized carbons (Fsp3) is 0.500. The first-order valence-corrected chi connectivity index (χ1v) is 14.3. The van der Waals surface area contributed by atoms with E-state index >= 15 is 0 Å². The number of carbonyl (C=O) groups is 1. The lowest BCUT2D eigenvalue weighted by Gasteiger charge is -2.42. The lowest BCUT2D eigenvalue weighted by atomic mass is 10.0. The van der Waals surface area contributed by atoms with Crippen LogP contribution in [0, 0.1) is 0 Å². The molecule has 8 heteroatoms. The third-order valence-corrected chi connectivity index (χ3v) is 9.63. The summed E-state index contributed by atoms with van der Waals surface area (Å²) in [5.74, 6) is -0.553. The molecule has 0 bridgehead atoms. The van der Waals surface area contributed by atoms with E-state index in [1.165, 1.54) is 30.2 Å². The van der Waals surface area contributed by atoms with Gasteiger partial charge >= 0.3 is 5.97 Å². The zero-order valence-corrected chi connectivity index (χ0v) is 22.2. The molecule has 3 rings (SSSR count). The summed E-state index contributed by atoms with van der Waals surface area (Å²) in [5, 5.41) is 9.76. The Morgan fingerprint density at radius 3 is 2.21 bits per heavy atom. The van der Waals surface area contributed by atoms with Gasteiger partial charge in [0.1, 0.15) is 6.04 Å². The highest BCUT2D eigenvalue weighted by Gasteiger charge is 2.48. The molecule has 0 saturated carbocycles. The van der Waals surface area contributed by atoms with E-state index in [9.17, 15) is 18.3 Å². The maximum Gasteiger partial charge on any atom is 0.323 e. The van der Waals surface area contributed by atoms with Crippen LogP contribution in [0.15, 0.2) is 53.4 Å². The predicted molar refractivity (Wildman–Crippen MR) is 140 cm³/mol. The number of hydrogen-bond acceptors (Lipinski definition) is 5. The third-order valence-electron chi connectivity index (χ3n) is 6.40. The summed E-state index contributed by atoms with van der Waals surface area (Å²) in [6, 6.07) is 14.0. The predicted octanol–water partition coefficient (Wildman–Crippen LogP) is 4.94. The Labute approximate surface area is 208 Å². The van der Waals surface area contributed by atoms with E-state index in [1.54, 1.807) is 38.1 Å². The van der Waals surface area contributed by atoms with Crippen LogP contribution in [0.5, 0.6) is 0 Å². The quantitative estimate of drug-likeness (QED) is 0.494. The summed E-state index contributed by atoms with van der Waals surface area (Å²) in [4.78, 5) is 14.5. The maximum absolute atomic E-state index is 13.3. The van der Waals surface area contributed by atoms with E-state index in [1.807, 2.05) is 0 Å². The van der Waals surface area contributed by atoms with Crippen LogP contribution in [-0.2, 0) is 21.4 Å². The van der Waals surface area contributed by atoms with E-state index in [-0.39, 0.29) is 11.4 Å². The summed E-state index contributed by atoms with van der Waals surface area (Å²) in [6.45, 7) is 11.2. The highest BCUT2D eigenvalue weighted by molar-refractivity contribution is 8.00. The van der Waals surface area contributed by atoms with Crippen molar-refractivity contribution in [1.29, 1.82) is 0 Å². The standard InChI is InChI=1S/C26H36N2O4S2/c1-5-7-16-27(6-2)19-20-8-10-21(11-9-20)22-12-14-23(15-13-22)34(31,32)28-17-18-33-26(3,4)24(28)25(29)30/h8-15,24H,5-7,16-19H2,1-4H3,(H,29,30)/t24-/m0/s1. The zero-order valence-electron chi connectivity index (χ0n) is 20.5. The fourth-order valence-electron chi connectivity index (χ4n) is 4.38. The van der Waals surface area contributed by atoms with Gasteiger partial charge in [0.15, 0.2) is 0 Å². The Kier molecular flexibility index (Phi) is 8.84. The summed E-state index contributed by atoms with van der Waals surface area (Å²) < 4.78 is 27.1. The van der Waals surface area contributed by atoms with E-state index in [2.05, 4.69) is 43.0 Å². The van der Waals surface area contributed by atoms with Crippen molar-refractivity contribution in [1.82, 2.24) is 9.21 Å². The molecule has 1 fully saturated rings. The van der Waals surface area contributed by atoms with Crippen molar-refractivity contribution < 1.29 is 18.3 Å². The molecule has 186 valence electrons. The Morgan fingerprint density at radius 1 is 1.09 bits per heavy atom. The molecule has 1 aliphatic rings. The number of rotatable bonds is 10. The van der Waals surface area contributed by atoms with Crippen molar-refractivity contribution in [2.75, 3.05) is 25.4 Å². The van der Waals surface area contributed by atoms with Crippen LogP contribution < -0.4 is 0 Å². The van der Waals surface area contributed by atoms with Crippen LogP contribution in [0.2, 0.25) is 0 Å². The van der Waals surface area contributed by atoms with Crippen molar-refractivity contribution in [3.05, 3.63) is 54.1 Å². The van der Waals surface area contributed by atoms with Gasteiger partial charge in [-0.25, -0.2) is 8.42 Å². The highest BCUT2D eigenvalue weighted by atomic mass is 32.2. The normalized spacial score (nSPS) is 18.8. The number of benzene rings is 2. The van der Waals surface area contributed by atoms with Gasteiger partial charge in [-0.3, -0.25) is 9.69 Å². The van der Waals surface area contributed by atoms with Crippen molar-refractivity contribution >= 4 is 27.8 Å². The molecule has 2 aromatic rings. The summed E-state index contributed by atoms with van der Waals surface area (Å²) in [7, 11) is -3.92. The van der Waals surface area contributed by atoms with Crippen LogP contribution in [0.3, 0.4) is 0 Å². The Morgan fingerprint density at radius 2 is 1.68 bits per heavy atom. The summed E-state index contributed by atoms with van der Waals surface area (Å²) in [6.07, 6.45) is 2.38. The lowest BCUT2D eigenvalue weighted by Crippen LogP contribution is -2.58. The van der Waals surface area contributed by atoms with E-state index in [0.717, 1.165) is 35.1 Å². The molecule has 0 amide bonds. The maximum atomic E-state index is 13.3. The lowest BCUT2D eigenvalue weighted by molar-refractivity contribution is -0.142. The van der Waals surface area contributed by atoms with Crippen LogP contribution in [-0.4, -0.2) is 64.9 Å². The molecule has 2 aromatic carbocycles. The van der Waals surface area contributed by atoms with Crippen LogP contribution in [0.25, 0.3) is 11.1 Å². The average Bonchev–Trinajstić information content (AvgIpc) is 2.81. The molecule has 0 aromatic heterocycles. The Bertz CT molecular complexity index is 1070. The number of carboxylic acids is 1. The molecule has 0 unspecified atom stereocenters. The number of hydrogen-bond donors (Lipinski definition) is 1. The van der Waals surface area contributed by atoms with Gasteiger partial charge in [-0.2, -0.15) is 16.1 Å². The number of nitrogens with zero attached hydrogens (tertiary/aromatic N) is 2. The molecule has 34 heavy (non-hydrogen) atoms. The van der Waals surface area contributed by atoms with Crippen molar-refractivity contribution in [2.24, 2.45) is 0 Å². The molecule has 1 heterocycles. The van der Waals surface area contributed by atoms with Gasteiger partial charge < -0.3 is 5.11 Å². The topological polar surface area (TPSA) is 77.9 Å². The van der Waals surface area contributed by atoms with Gasteiger partial charge in [-0.1, -0.05) is 56.7 Å². The summed E-state index contributed by atoms with van der Waals surface area (Å²) in [5.41, 5.74) is 3.20. The SMILES string of the molecule is CCCCN(CC)Cc1ccc(-c2ccc(S(=O)(=O)N3CCSC(C)(C)[C@@H]3C(=O)O)cc2)cc1. The number of thioether (sulfide) groups is 1.